The first kappa shape index (κ1) is 44.7. The molecule has 4 N–H and O–H groups in total. The number of aliphatic hydroxyl groups is 3. The second-order valence-electron chi connectivity index (χ2n) is 18.9. The summed E-state index contributed by atoms with van der Waals surface area (Å²) in [6.07, 6.45) is -8.77. The molecule has 3 aliphatic carbocycles. The van der Waals surface area contributed by atoms with Crippen molar-refractivity contribution in [3.05, 3.63) is 59.7 Å². The molecule has 2 saturated carbocycles. The second-order valence-corrected chi connectivity index (χ2v) is 18.9. The molecule has 0 bridgehead atoms. The summed E-state index contributed by atoms with van der Waals surface area (Å²) in [6, 6.07) is 7.17. The van der Waals surface area contributed by atoms with Crippen LogP contribution >= 0.6 is 0 Å². The van der Waals surface area contributed by atoms with Crippen LogP contribution in [-0.4, -0.2) is 118 Å². The number of fused-ring (bicyclic) bond motifs is 3. The smallest absolute Gasteiger partial charge is 0.407 e. The third-order valence-corrected chi connectivity index (χ3v) is 13.0. The summed E-state index contributed by atoms with van der Waals surface area (Å²) in [4.78, 5) is 54.4. The van der Waals surface area contributed by atoms with Crippen molar-refractivity contribution >= 4 is 24.0 Å². The molecule has 15 heteroatoms. The van der Waals surface area contributed by atoms with E-state index in [1.165, 1.54) is 26.8 Å². The predicted molar refractivity (Wildman–Crippen MR) is 210 cm³/mol. The Kier molecular flexibility index (Phi) is 12.0. The zero-order chi connectivity index (χ0) is 43.6. The first-order chi connectivity index (χ1) is 27.4. The Morgan fingerprint density at radius 1 is 1.05 bits per heavy atom. The topological polar surface area (TPSA) is 206 Å². The van der Waals surface area contributed by atoms with Gasteiger partial charge in [-0.3, -0.25) is 4.79 Å². The van der Waals surface area contributed by atoms with E-state index in [1.807, 2.05) is 20.8 Å². The average molecular weight is 828 g/mol. The molecule has 1 amide bonds. The fraction of sp³-hybridized carbons (Fsp3) is 0.682. The molecular weight excluding hydrogens is 766 g/mol. The van der Waals surface area contributed by atoms with Crippen LogP contribution in [0.15, 0.2) is 54.1 Å². The number of alkyl carbamates (subject to hydrolysis) is 1. The van der Waals surface area contributed by atoms with E-state index >= 15 is 0 Å². The molecule has 1 aromatic rings. The highest BCUT2D eigenvalue weighted by atomic mass is 16.7. The fourth-order valence-electron chi connectivity index (χ4n) is 10.6. The molecule has 0 radical (unpaired) electrons. The van der Waals surface area contributed by atoms with Crippen molar-refractivity contribution in [1.29, 1.82) is 0 Å². The molecule has 2 aliphatic heterocycles. The van der Waals surface area contributed by atoms with Gasteiger partial charge in [-0.15, -0.1) is 0 Å². The minimum absolute atomic E-state index is 0.0654. The molecule has 6 rings (SSSR count). The Balaban J connectivity index is 1.52. The Labute approximate surface area is 345 Å². The summed E-state index contributed by atoms with van der Waals surface area (Å²) >= 11 is 0. The van der Waals surface area contributed by atoms with Crippen LogP contribution in [0.1, 0.15) is 98.9 Å². The van der Waals surface area contributed by atoms with E-state index in [-0.39, 0.29) is 42.9 Å². The Bertz CT molecular complexity index is 1830. The third-order valence-electron chi connectivity index (χ3n) is 13.0. The third kappa shape index (κ3) is 7.71. The van der Waals surface area contributed by atoms with Gasteiger partial charge >= 0.3 is 24.0 Å². The monoisotopic (exact) mass is 827 g/mol. The number of hydrogen-bond acceptors (Lipinski definition) is 14. The molecule has 15 nitrogen and oxygen atoms in total. The summed E-state index contributed by atoms with van der Waals surface area (Å²) < 4.78 is 43.7. The highest BCUT2D eigenvalue weighted by Gasteiger charge is 2.80. The largest absolute Gasteiger partial charge is 0.457 e. The maximum atomic E-state index is 14.4. The summed E-state index contributed by atoms with van der Waals surface area (Å²) in [7, 11) is 0. The second kappa shape index (κ2) is 15.9. The minimum atomic E-state index is -1.86. The van der Waals surface area contributed by atoms with Gasteiger partial charge in [-0.1, -0.05) is 45.5 Å². The molecule has 2 saturated heterocycles. The first-order valence-electron chi connectivity index (χ1n) is 20.4. The number of carbonyl (C=O) groups excluding carboxylic acids is 4. The van der Waals surface area contributed by atoms with Gasteiger partial charge in [-0.25, -0.2) is 14.4 Å². The van der Waals surface area contributed by atoms with E-state index in [2.05, 4.69) is 11.9 Å². The van der Waals surface area contributed by atoms with Crippen LogP contribution in [0, 0.1) is 22.7 Å². The fourth-order valence-corrected chi connectivity index (χ4v) is 10.6. The van der Waals surface area contributed by atoms with Gasteiger partial charge in [0.25, 0.3) is 0 Å². The van der Waals surface area contributed by atoms with Gasteiger partial charge in [0.05, 0.1) is 47.4 Å². The maximum Gasteiger partial charge on any atom is 0.407 e. The number of ether oxygens (including phenoxy) is 7. The molecule has 2 heterocycles. The van der Waals surface area contributed by atoms with Crippen LogP contribution in [0.25, 0.3) is 0 Å². The number of benzene rings is 1. The average Bonchev–Trinajstić information content (AvgIpc) is 3.39. The van der Waals surface area contributed by atoms with Crippen molar-refractivity contribution in [3.63, 3.8) is 0 Å². The van der Waals surface area contributed by atoms with Gasteiger partial charge in [-0.2, -0.15) is 0 Å². The molecule has 1 aromatic carbocycles. The number of carbonyl (C=O) groups is 4. The highest BCUT2D eigenvalue weighted by Crippen LogP contribution is 2.69. The van der Waals surface area contributed by atoms with Crippen molar-refractivity contribution in [3.8, 4) is 0 Å². The minimum Gasteiger partial charge on any atom is -0.457 e. The van der Waals surface area contributed by atoms with Crippen LogP contribution in [0.4, 0.5) is 4.79 Å². The van der Waals surface area contributed by atoms with Crippen molar-refractivity contribution in [2.24, 2.45) is 22.7 Å². The number of esters is 3. The van der Waals surface area contributed by atoms with E-state index in [0.717, 1.165) is 0 Å². The van der Waals surface area contributed by atoms with Gasteiger partial charge in [0.15, 0.2) is 18.0 Å². The molecule has 13 atom stereocenters. The molecule has 5 aliphatic rings. The van der Waals surface area contributed by atoms with E-state index in [1.54, 1.807) is 58.0 Å². The summed E-state index contributed by atoms with van der Waals surface area (Å²) in [6.45, 7) is 20.4. The molecule has 326 valence electrons. The molecular formula is C44H61NO14. The lowest BCUT2D eigenvalue weighted by Gasteiger charge is -2.67. The van der Waals surface area contributed by atoms with Gasteiger partial charge in [0.2, 0.25) is 0 Å². The first-order valence-corrected chi connectivity index (χ1v) is 20.4. The van der Waals surface area contributed by atoms with Gasteiger partial charge in [0.1, 0.15) is 30.0 Å². The van der Waals surface area contributed by atoms with Crippen molar-refractivity contribution < 1.29 is 67.7 Å². The van der Waals surface area contributed by atoms with Gasteiger partial charge < -0.3 is 53.8 Å². The van der Waals surface area contributed by atoms with Crippen LogP contribution < -0.4 is 5.32 Å². The zero-order valence-corrected chi connectivity index (χ0v) is 35.7. The van der Waals surface area contributed by atoms with E-state index in [4.69, 9.17) is 33.2 Å². The van der Waals surface area contributed by atoms with Gasteiger partial charge in [0, 0.05) is 25.2 Å². The lowest BCUT2D eigenvalue weighted by Crippen LogP contribution is -2.80. The maximum absolute atomic E-state index is 14.4. The number of amides is 1. The van der Waals surface area contributed by atoms with Crippen molar-refractivity contribution in [2.45, 2.75) is 160 Å². The Morgan fingerprint density at radius 2 is 1.71 bits per heavy atom. The van der Waals surface area contributed by atoms with Crippen LogP contribution in [-0.2, 0) is 42.7 Å². The number of hydrogen-bond donors (Lipinski definition) is 4. The van der Waals surface area contributed by atoms with Crippen LogP contribution in [0.2, 0.25) is 0 Å². The molecule has 0 unspecified atom stereocenters. The van der Waals surface area contributed by atoms with Crippen molar-refractivity contribution in [1.82, 2.24) is 5.32 Å². The zero-order valence-electron chi connectivity index (χ0n) is 35.7. The van der Waals surface area contributed by atoms with E-state index in [9.17, 15) is 34.5 Å². The lowest BCUT2D eigenvalue weighted by atomic mass is 9.49. The number of nitrogens with one attached hydrogen (secondary N) is 1. The molecule has 4 fully saturated rings. The van der Waals surface area contributed by atoms with Crippen LogP contribution in [0.3, 0.4) is 0 Å². The summed E-state index contributed by atoms with van der Waals surface area (Å²) in [5, 5.41) is 39.7. The van der Waals surface area contributed by atoms with E-state index in [0.29, 0.717) is 5.57 Å². The SMILES string of the molecule is C=C[C@H]1O[C@H]2C[C@H]3OC[C@@]3(OC(C)=O)[C@H]3[C@H](OC(=O)c4ccccc4)[C@]4(C(C)(C)O)C[C@H](OC(=O)[C@H](O)[C@H](CC(C)C)NC(=O)OC(C)(C)C)C(C)=C4[C@H](O)[C@H](O1)[C@]23C. The summed E-state index contributed by atoms with van der Waals surface area (Å²) in [5.74, 6) is -3.58. The highest BCUT2D eigenvalue weighted by molar-refractivity contribution is 5.89. The molecule has 0 spiro atoms. The lowest BCUT2D eigenvalue weighted by molar-refractivity contribution is -0.392. The standard InChI is InChI=1S/C44H61NO14/c1-12-30-55-28-19-29-44(21-53-29,58-24(5)46)34-36(57-37(49)25-16-14-13-15-17-25)43(41(9,10)52)20-27(23(4)31(43)33(48)35(56-30)42(28,34)11)54-38(50)32(47)26(18-22(2)3)45-39(51)59-40(6,7)8/h12-17,22,26-30,32-36,47-48,52H,1,18-21H2,2-11H3,(H,45,51)/t26-,27-,28-,29+,30-,32+,33-,34-,35-,36-,42+,43-,44-/m0/s1. The molecule has 0 aromatic heterocycles. The Morgan fingerprint density at radius 3 is 2.25 bits per heavy atom. The predicted octanol–water partition coefficient (Wildman–Crippen LogP) is 4.30. The normalized spacial score (nSPS) is 36.0. The van der Waals surface area contributed by atoms with Crippen LogP contribution in [0.5, 0.6) is 0 Å². The van der Waals surface area contributed by atoms with Crippen molar-refractivity contribution in [2.75, 3.05) is 6.61 Å². The van der Waals surface area contributed by atoms with Gasteiger partial charge in [-0.05, 0) is 83.2 Å². The number of aliphatic hydroxyl groups excluding tert-OH is 2. The quantitative estimate of drug-likeness (QED) is 0.140. The number of rotatable bonds is 11. The summed E-state index contributed by atoms with van der Waals surface area (Å²) in [5.41, 5.74) is -6.47. The Hall–Kier alpha value is -3.86. The van der Waals surface area contributed by atoms with E-state index < -0.39 is 113 Å². The molecule has 59 heavy (non-hydrogen) atoms.